The number of carbonyl (C=O) groups is 1. The summed E-state index contributed by atoms with van der Waals surface area (Å²) in [6, 6.07) is 6.46. The third-order valence-corrected chi connectivity index (χ3v) is 4.57. The van der Waals surface area contributed by atoms with Crippen LogP contribution in [-0.4, -0.2) is 58.1 Å². The monoisotopic (exact) mass is 293 g/mol. The van der Waals surface area contributed by atoms with E-state index in [4.69, 9.17) is 4.74 Å². The Kier molecular flexibility index (Phi) is 3.71. The SMILES string of the molecule is CO[C@@H]1[C@H](O)[C@@H](CO)C[C@H]1N1C(=O)c2ccccc2C1O. The lowest BCUT2D eigenvalue weighted by atomic mass is 10.1. The third-order valence-electron chi connectivity index (χ3n) is 4.57. The van der Waals surface area contributed by atoms with E-state index in [-0.39, 0.29) is 18.4 Å². The lowest BCUT2D eigenvalue weighted by Gasteiger charge is -2.32. The van der Waals surface area contributed by atoms with E-state index in [2.05, 4.69) is 0 Å². The van der Waals surface area contributed by atoms with Crippen LogP contribution in [0.15, 0.2) is 24.3 Å². The van der Waals surface area contributed by atoms with Gasteiger partial charge in [0.05, 0.1) is 12.1 Å². The number of aliphatic hydroxyl groups is 3. The van der Waals surface area contributed by atoms with Crippen molar-refractivity contribution < 1.29 is 24.9 Å². The molecule has 1 aromatic rings. The molecule has 1 saturated carbocycles. The molecule has 5 atom stereocenters. The fourth-order valence-electron chi connectivity index (χ4n) is 3.48. The Balaban J connectivity index is 1.93. The van der Waals surface area contributed by atoms with Gasteiger partial charge in [-0.15, -0.1) is 0 Å². The maximum absolute atomic E-state index is 12.5. The Bertz CT molecular complexity index is 549. The number of carbonyl (C=O) groups excluding carboxylic acids is 1. The summed E-state index contributed by atoms with van der Waals surface area (Å²) in [6.07, 6.45) is -2.11. The van der Waals surface area contributed by atoms with Gasteiger partial charge in [-0.3, -0.25) is 4.79 Å². The summed E-state index contributed by atoms with van der Waals surface area (Å²) in [4.78, 5) is 13.9. The van der Waals surface area contributed by atoms with Crippen LogP contribution in [0, 0.1) is 5.92 Å². The van der Waals surface area contributed by atoms with Crippen molar-refractivity contribution in [1.82, 2.24) is 4.90 Å². The predicted molar refractivity (Wildman–Crippen MR) is 73.4 cm³/mol. The average Bonchev–Trinajstić information content (AvgIpc) is 2.94. The zero-order valence-corrected chi connectivity index (χ0v) is 11.7. The molecule has 3 N–H and O–H groups in total. The van der Waals surface area contributed by atoms with Gasteiger partial charge < -0.3 is 25.0 Å². The molecule has 0 bridgehead atoms. The van der Waals surface area contributed by atoms with Gasteiger partial charge in [-0.25, -0.2) is 0 Å². The molecule has 0 aromatic heterocycles. The number of nitrogens with zero attached hydrogens (tertiary/aromatic N) is 1. The lowest BCUT2D eigenvalue weighted by Crippen LogP contribution is -2.46. The Morgan fingerprint density at radius 3 is 2.67 bits per heavy atom. The number of fused-ring (bicyclic) bond motifs is 1. The van der Waals surface area contributed by atoms with E-state index in [0.717, 1.165) is 0 Å². The van der Waals surface area contributed by atoms with Crippen LogP contribution < -0.4 is 0 Å². The molecule has 1 aromatic carbocycles. The van der Waals surface area contributed by atoms with Gasteiger partial charge in [0.25, 0.3) is 5.91 Å². The van der Waals surface area contributed by atoms with Crippen molar-refractivity contribution in [2.75, 3.05) is 13.7 Å². The number of hydrogen-bond acceptors (Lipinski definition) is 5. The number of ether oxygens (including phenoxy) is 1. The minimum Gasteiger partial charge on any atom is -0.396 e. The molecular weight excluding hydrogens is 274 g/mol. The van der Waals surface area contributed by atoms with Crippen molar-refractivity contribution in [3.8, 4) is 0 Å². The molecule has 6 nitrogen and oxygen atoms in total. The van der Waals surface area contributed by atoms with E-state index >= 15 is 0 Å². The number of amides is 1. The summed E-state index contributed by atoms with van der Waals surface area (Å²) in [5.41, 5.74) is 1.04. The highest BCUT2D eigenvalue weighted by molar-refractivity contribution is 5.99. The van der Waals surface area contributed by atoms with Crippen LogP contribution in [-0.2, 0) is 4.74 Å². The Hall–Kier alpha value is -1.47. The summed E-state index contributed by atoms with van der Waals surface area (Å²) in [7, 11) is 1.46. The van der Waals surface area contributed by atoms with Gasteiger partial charge in [-0.05, 0) is 12.5 Å². The number of benzene rings is 1. The molecule has 0 saturated heterocycles. The number of methoxy groups -OCH3 is 1. The molecular formula is C15H19NO5. The smallest absolute Gasteiger partial charge is 0.256 e. The van der Waals surface area contributed by atoms with E-state index in [1.54, 1.807) is 24.3 Å². The molecule has 2 aliphatic rings. The van der Waals surface area contributed by atoms with Crippen molar-refractivity contribution in [2.45, 2.75) is 30.9 Å². The maximum Gasteiger partial charge on any atom is 0.256 e. The highest BCUT2D eigenvalue weighted by Gasteiger charge is 2.50. The number of hydrogen-bond donors (Lipinski definition) is 3. The van der Waals surface area contributed by atoms with E-state index < -0.39 is 24.5 Å². The summed E-state index contributed by atoms with van der Waals surface area (Å²) in [6.45, 7) is -0.178. The highest BCUT2D eigenvalue weighted by Crippen LogP contribution is 2.40. The standard InChI is InChI=1S/C15H19NO5/c1-21-13-11(6-8(7-17)12(13)18)16-14(19)9-4-2-3-5-10(9)15(16)20/h2-5,8,11-14,17-19H,6-7H2,1H3/t8-,11-,12-,13+,14?/m1/s1. The molecule has 1 amide bonds. The van der Waals surface area contributed by atoms with Crippen LogP contribution in [0.25, 0.3) is 0 Å². The zero-order valence-electron chi connectivity index (χ0n) is 11.7. The molecule has 0 spiro atoms. The third kappa shape index (κ3) is 2.06. The summed E-state index contributed by atoms with van der Waals surface area (Å²) in [5.74, 6) is -0.625. The maximum atomic E-state index is 12.5. The van der Waals surface area contributed by atoms with Gasteiger partial charge in [0.1, 0.15) is 6.10 Å². The highest BCUT2D eigenvalue weighted by atomic mass is 16.5. The molecule has 0 radical (unpaired) electrons. The van der Waals surface area contributed by atoms with Gasteiger partial charge in [0.2, 0.25) is 0 Å². The fraction of sp³-hybridized carbons (Fsp3) is 0.533. The van der Waals surface area contributed by atoms with Crippen molar-refractivity contribution in [2.24, 2.45) is 5.92 Å². The topological polar surface area (TPSA) is 90.2 Å². The van der Waals surface area contributed by atoms with Gasteiger partial charge in [0.15, 0.2) is 6.23 Å². The largest absolute Gasteiger partial charge is 0.396 e. The van der Waals surface area contributed by atoms with Gasteiger partial charge in [-0.1, -0.05) is 18.2 Å². The first-order valence-electron chi connectivity index (χ1n) is 7.01. The lowest BCUT2D eigenvalue weighted by molar-refractivity contribution is -0.0672. The van der Waals surface area contributed by atoms with Gasteiger partial charge in [-0.2, -0.15) is 0 Å². The molecule has 1 unspecified atom stereocenters. The molecule has 1 aliphatic heterocycles. The van der Waals surface area contributed by atoms with Crippen LogP contribution in [0.2, 0.25) is 0 Å². The molecule has 114 valence electrons. The first kappa shape index (κ1) is 14.5. The van der Waals surface area contributed by atoms with E-state index in [1.165, 1.54) is 12.0 Å². The normalized spacial score (nSPS) is 35.3. The van der Waals surface area contributed by atoms with Gasteiger partial charge in [0, 0.05) is 30.8 Å². The first-order chi connectivity index (χ1) is 10.1. The summed E-state index contributed by atoms with van der Waals surface area (Å²) < 4.78 is 5.31. The molecule has 21 heavy (non-hydrogen) atoms. The number of rotatable bonds is 3. The Labute approximate surface area is 122 Å². The van der Waals surface area contributed by atoms with Crippen LogP contribution in [0.1, 0.15) is 28.6 Å². The second-order valence-electron chi connectivity index (χ2n) is 5.61. The van der Waals surface area contributed by atoms with Gasteiger partial charge >= 0.3 is 0 Å². The van der Waals surface area contributed by atoms with Crippen molar-refractivity contribution in [1.29, 1.82) is 0 Å². The molecule has 3 rings (SSSR count). The molecule has 1 fully saturated rings. The second kappa shape index (κ2) is 5.38. The zero-order chi connectivity index (χ0) is 15.1. The van der Waals surface area contributed by atoms with Crippen LogP contribution in [0.5, 0.6) is 0 Å². The van der Waals surface area contributed by atoms with Crippen LogP contribution in [0.3, 0.4) is 0 Å². The van der Waals surface area contributed by atoms with E-state index in [0.29, 0.717) is 17.5 Å². The van der Waals surface area contributed by atoms with Crippen molar-refractivity contribution in [3.05, 3.63) is 35.4 Å². The minimum atomic E-state index is -1.04. The van der Waals surface area contributed by atoms with Crippen molar-refractivity contribution >= 4 is 5.91 Å². The summed E-state index contributed by atoms with van der Waals surface area (Å²) >= 11 is 0. The van der Waals surface area contributed by atoms with Crippen molar-refractivity contribution in [3.63, 3.8) is 0 Å². The van der Waals surface area contributed by atoms with Crippen LogP contribution >= 0.6 is 0 Å². The second-order valence-corrected chi connectivity index (χ2v) is 5.61. The summed E-state index contributed by atoms with van der Waals surface area (Å²) in [5, 5.41) is 29.9. The quantitative estimate of drug-likeness (QED) is 0.723. The number of aliphatic hydroxyl groups excluding tert-OH is 3. The Morgan fingerprint density at radius 2 is 2.05 bits per heavy atom. The Morgan fingerprint density at radius 1 is 1.33 bits per heavy atom. The van der Waals surface area contributed by atoms with E-state index in [1.807, 2.05) is 0 Å². The fourth-order valence-corrected chi connectivity index (χ4v) is 3.48. The molecule has 1 heterocycles. The molecule has 1 aliphatic carbocycles. The minimum absolute atomic E-state index is 0.178. The van der Waals surface area contributed by atoms with E-state index in [9.17, 15) is 20.1 Å². The predicted octanol–water partition coefficient (Wildman–Crippen LogP) is -0.110. The van der Waals surface area contributed by atoms with Crippen LogP contribution in [0.4, 0.5) is 0 Å². The molecule has 6 heteroatoms. The first-order valence-corrected chi connectivity index (χ1v) is 7.01. The average molecular weight is 293 g/mol.